The lowest BCUT2D eigenvalue weighted by Crippen LogP contribution is -1.82. The molecule has 0 saturated heterocycles. The third-order valence-electron chi connectivity index (χ3n) is 3.79. The fraction of sp³-hybridized carbons (Fsp3) is 0. The average molecular weight is 365 g/mol. The highest BCUT2D eigenvalue weighted by Gasteiger charge is 2.09. The molecule has 4 rings (SSSR count). The number of hydrogen-bond donors (Lipinski definition) is 0. The molecule has 0 bridgehead atoms. The molecule has 0 amide bonds. The summed E-state index contributed by atoms with van der Waals surface area (Å²) in [5.74, 6) is 0. The van der Waals surface area contributed by atoms with Gasteiger partial charge in [0.15, 0.2) is 0 Å². The van der Waals surface area contributed by atoms with Gasteiger partial charge in [-0.05, 0) is 49.6 Å². The Morgan fingerprint density at radius 3 is 2.05 bits per heavy atom. The maximum absolute atomic E-state index is 3.72. The Balaban J connectivity index is 1.91. The SMILES string of the molecule is Brc1ccc2ccccc2c1Sc1cccc2ccccc12. The van der Waals surface area contributed by atoms with E-state index in [2.05, 4.69) is 94.8 Å². The lowest BCUT2D eigenvalue weighted by atomic mass is 10.1. The molecule has 4 aromatic rings. The summed E-state index contributed by atoms with van der Waals surface area (Å²) in [5.41, 5.74) is 0. The number of benzene rings is 4. The molecule has 0 saturated carbocycles. The van der Waals surface area contributed by atoms with E-state index >= 15 is 0 Å². The molecule has 0 heterocycles. The number of fused-ring (bicyclic) bond motifs is 2. The van der Waals surface area contributed by atoms with E-state index in [1.165, 1.54) is 31.3 Å². The molecule has 4 aromatic carbocycles. The first-order valence-electron chi connectivity index (χ1n) is 7.16. The monoisotopic (exact) mass is 364 g/mol. The van der Waals surface area contributed by atoms with Gasteiger partial charge in [-0.15, -0.1) is 0 Å². The molecule has 0 fully saturated rings. The van der Waals surface area contributed by atoms with Crippen molar-refractivity contribution in [2.24, 2.45) is 0 Å². The third-order valence-corrected chi connectivity index (χ3v) is 5.94. The zero-order valence-corrected chi connectivity index (χ0v) is 14.2. The van der Waals surface area contributed by atoms with Crippen LogP contribution >= 0.6 is 27.7 Å². The minimum Gasteiger partial charge on any atom is -0.0876 e. The van der Waals surface area contributed by atoms with Crippen LogP contribution in [0.15, 0.2) is 93.1 Å². The zero-order chi connectivity index (χ0) is 14.9. The van der Waals surface area contributed by atoms with E-state index in [0.717, 1.165) is 4.47 Å². The largest absolute Gasteiger partial charge is 0.0876 e. The van der Waals surface area contributed by atoms with Crippen LogP contribution in [-0.4, -0.2) is 0 Å². The molecule has 0 radical (unpaired) electrons. The van der Waals surface area contributed by atoms with Crippen LogP contribution < -0.4 is 0 Å². The van der Waals surface area contributed by atoms with Gasteiger partial charge in [0.25, 0.3) is 0 Å². The number of hydrogen-bond acceptors (Lipinski definition) is 1. The van der Waals surface area contributed by atoms with Gasteiger partial charge in [0.05, 0.1) is 0 Å². The van der Waals surface area contributed by atoms with Crippen molar-refractivity contribution in [3.63, 3.8) is 0 Å². The smallest absolute Gasteiger partial charge is 0.0343 e. The van der Waals surface area contributed by atoms with E-state index < -0.39 is 0 Å². The summed E-state index contributed by atoms with van der Waals surface area (Å²) in [4.78, 5) is 2.56. The second-order valence-electron chi connectivity index (χ2n) is 5.18. The minimum absolute atomic E-state index is 1.14. The molecule has 0 aromatic heterocycles. The van der Waals surface area contributed by atoms with Crippen LogP contribution in [0.3, 0.4) is 0 Å². The van der Waals surface area contributed by atoms with E-state index in [1.807, 2.05) is 11.8 Å². The van der Waals surface area contributed by atoms with E-state index in [9.17, 15) is 0 Å². The number of rotatable bonds is 2. The van der Waals surface area contributed by atoms with Crippen molar-refractivity contribution in [3.8, 4) is 0 Å². The topological polar surface area (TPSA) is 0 Å². The average Bonchev–Trinajstić information content (AvgIpc) is 2.58. The van der Waals surface area contributed by atoms with Crippen LogP contribution in [-0.2, 0) is 0 Å². The summed E-state index contributed by atoms with van der Waals surface area (Å²) in [6, 6.07) is 27.9. The maximum atomic E-state index is 3.72. The highest BCUT2D eigenvalue weighted by molar-refractivity contribution is 9.10. The van der Waals surface area contributed by atoms with E-state index in [-0.39, 0.29) is 0 Å². The van der Waals surface area contributed by atoms with Gasteiger partial charge in [0.2, 0.25) is 0 Å². The molecule has 0 unspecified atom stereocenters. The maximum Gasteiger partial charge on any atom is 0.0343 e. The van der Waals surface area contributed by atoms with Crippen LogP contribution in [0.2, 0.25) is 0 Å². The molecule has 0 aliphatic heterocycles. The summed E-state index contributed by atoms with van der Waals surface area (Å²) < 4.78 is 1.14. The standard InChI is InChI=1S/C20H13BrS/c21-18-13-12-15-7-2-4-10-17(15)20(18)22-19-11-5-8-14-6-1-3-9-16(14)19/h1-13H. The van der Waals surface area contributed by atoms with Crippen molar-refractivity contribution in [2.75, 3.05) is 0 Å². The van der Waals surface area contributed by atoms with Gasteiger partial charge in [0.1, 0.15) is 0 Å². The molecular weight excluding hydrogens is 352 g/mol. The van der Waals surface area contributed by atoms with Crippen LogP contribution in [0.1, 0.15) is 0 Å². The number of halogens is 1. The Labute approximate surface area is 142 Å². The highest BCUT2D eigenvalue weighted by atomic mass is 79.9. The van der Waals surface area contributed by atoms with Crippen LogP contribution in [0.5, 0.6) is 0 Å². The first-order chi connectivity index (χ1) is 10.8. The molecule has 0 atom stereocenters. The zero-order valence-electron chi connectivity index (χ0n) is 11.8. The Kier molecular flexibility index (Phi) is 3.65. The quantitative estimate of drug-likeness (QED) is 0.372. The fourth-order valence-corrected chi connectivity index (χ4v) is 4.43. The van der Waals surface area contributed by atoms with Crippen molar-refractivity contribution >= 4 is 49.2 Å². The van der Waals surface area contributed by atoms with Crippen LogP contribution in [0, 0.1) is 0 Å². The van der Waals surface area contributed by atoms with Gasteiger partial charge < -0.3 is 0 Å². The predicted octanol–water partition coefficient (Wildman–Crippen LogP) is 6.91. The van der Waals surface area contributed by atoms with Crippen LogP contribution in [0.25, 0.3) is 21.5 Å². The van der Waals surface area contributed by atoms with Crippen molar-refractivity contribution in [3.05, 3.63) is 83.3 Å². The summed E-state index contributed by atoms with van der Waals surface area (Å²) >= 11 is 5.54. The van der Waals surface area contributed by atoms with E-state index in [1.54, 1.807) is 0 Å². The Hall–Kier alpha value is -1.77. The fourth-order valence-electron chi connectivity index (χ4n) is 2.71. The van der Waals surface area contributed by atoms with Crippen LogP contribution in [0.4, 0.5) is 0 Å². The van der Waals surface area contributed by atoms with Gasteiger partial charge in [-0.3, -0.25) is 0 Å². The molecule has 22 heavy (non-hydrogen) atoms. The minimum atomic E-state index is 1.14. The molecule has 106 valence electrons. The highest BCUT2D eigenvalue weighted by Crippen LogP contribution is 2.41. The van der Waals surface area contributed by atoms with E-state index in [4.69, 9.17) is 0 Å². The van der Waals surface area contributed by atoms with Crippen molar-refractivity contribution in [1.29, 1.82) is 0 Å². The molecule has 0 aliphatic carbocycles. The first kappa shape index (κ1) is 13.9. The molecule has 0 nitrogen and oxygen atoms in total. The second kappa shape index (κ2) is 5.79. The summed E-state index contributed by atoms with van der Waals surface area (Å²) in [5, 5.41) is 5.14. The molecular formula is C20H13BrS. The molecule has 0 aliphatic rings. The lowest BCUT2D eigenvalue weighted by Gasteiger charge is -2.11. The lowest BCUT2D eigenvalue weighted by molar-refractivity contribution is 1.45. The predicted molar refractivity (Wildman–Crippen MR) is 99.7 cm³/mol. The molecule has 0 spiro atoms. The third kappa shape index (κ3) is 2.43. The van der Waals surface area contributed by atoms with Crippen molar-refractivity contribution in [2.45, 2.75) is 9.79 Å². The molecule has 2 heteroatoms. The Bertz CT molecular complexity index is 970. The van der Waals surface area contributed by atoms with Crippen molar-refractivity contribution in [1.82, 2.24) is 0 Å². The van der Waals surface area contributed by atoms with Gasteiger partial charge in [-0.1, -0.05) is 78.5 Å². The summed E-state index contributed by atoms with van der Waals surface area (Å²) in [6.07, 6.45) is 0. The molecule has 0 N–H and O–H groups in total. The normalized spacial score (nSPS) is 11.1. The van der Waals surface area contributed by atoms with Gasteiger partial charge >= 0.3 is 0 Å². The van der Waals surface area contributed by atoms with Gasteiger partial charge in [0, 0.05) is 14.3 Å². The summed E-state index contributed by atoms with van der Waals surface area (Å²) in [7, 11) is 0. The Morgan fingerprint density at radius 2 is 1.23 bits per heavy atom. The van der Waals surface area contributed by atoms with E-state index in [0.29, 0.717) is 0 Å². The second-order valence-corrected chi connectivity index (χ2v) is 7.08. The first-order valence-corrected chi connectivity index (χ1v) is 8.77. The summed E-state index contributed by atoms with van der Waals surface area (Å²) in [6.45, 7) is 0. The van der Waals surface area contributed by atoms with Crippen molar-refractivity contribution < 1.29 is 0 Å². The van der Waals surface area contributed by atoms with Gasteiger partial charge in [-0.25, -0.2) is 0 Å². The Morgan fingerprint density at radius 1 is 0.591 bits per heavy atom. The van der Waals surface area contributed by atoms with Gasteiger partial charge in [-0.2, -0.15) is 0 Å².